The normalized spacial score (nSPS) is 24.9. The monoisotopic (exact) mass is 866 g/mol. The molecule has 0 unspecified atom stereocenters. The van der Waals surface area contributed by atoms with E-state index < -0.39 is 31.5 Å². The molecular weight excluding hydrogens is 828 g/mol. The van der Waals surface area contributed by atoms with Crippen LogP contribution in [0.15, 0.2) is 128 Å². The lowest BCUT2D eigenvalue weighted by atomic mass is 9.91. The Morgan fingerprint density at radius 3 is 1.33 bits per heavy atom. The molecule has 2 saturated heterocycles. The summed E-state index contributed by atoms with van der Waals surface area (Å²) in [5.41, 5.74) is 3.44. The summed E-state index contributed by atoms with van der Waals surface area (Å²) in [7, 11) is -7.57. The van der Waals surface area contributed by atoms with Crippen molar-refractivity contribution >= 4 is 63.3 Å². The van der Waals surface area contributed by atoms with E-state index in [1.807, 2.05) is 113 Å². The first-order valence-corrected chi connectivity index (χ1v) is 21.7. The van der Waals surface area contributed by atoms with Crippen LogP contribution in [0, 0.1) is 13.8 Å². The predicted octanol–water partition coefficient (Wildman–Crippen LogP) is 9.49. The summed E-state index contributed by atoms with van der Waals surface area (Å²) in [6, 6.07) is 25.6. The van der Waals surface area contributed by atoms with Crippen LogP contribution in [0.3, 0.4) is 0 Å². The molecule has 8 nitrogen and oxygen atoms in total. The molecule has 0 aliphatic carbocycles. The second-order valence-electron chi connectivity index (χ2n) is 13.5. The number of nitrogens with zero attached hydrogens (tertiary/aromatic N) is 2. The Morgan fingerprint density at radius 2 is 0.981 bits per heavy atom. The summed E-state index contributed by atoms with van der Waals surface area (Å²) in [4.78, 5) is 0.545. The van der Waals surface area contributed by atoms with Crippen LogP contribution < -0.4 is 8.61 Å². The maximum absolute atomic E-state index is 13.6. The van der Waals surface area contributed by atoms with Gasteiger partial charge in [0.2, 0.25) is 0 Å². The molecule has 4 heterocycles. The lowest BCUT2D eigenvalue weighted by Crippen LogP contribution is -2.49. The van der Waals surface area contributed by atoms with E-state index >= 15 is 0 Å². The number of hydrogen-bond acceptors (Lipinski definition) is 6. The van der Waals surface area contributed by atoms with Gasteiger partial charge in [-0.1, -0.05) is 91.5 Å². The van der Waals surface area contributed by atoms with Crippen molar-refractivity contribution < 1.29 is 26.3 Å². The third-order valence-electron chi connectivity index (χ3n) is 10.2. The standard InChI is InChI=1S/2C20H20BrNO3S/c2*1-3-11-20-18(10-12-25-20)17-9-6-15(21)13-19(17)22(20)26(23,24)16-7-4-14(2)5-8-16/h2*3-9,11,13,18H,10,12H2,1-2H3/b2*11-3+/t2*18-,20-/m11/s1. The predicted molar refractivity (Wildman–Crippen MR) is 212 cm³/mol. The molecule has 4 atom stereocenters. The lowest BCUT2D eigenvalue weighted by Gasteiger charge is -2.36. The van der Waals surface area contributed by atoms with Crippen LogP contribution in [0.2, 0.25) is 0 Å². The number of ether oxygens (including phenoxy) is 2. The largest absolute Gasteiger partial charge is 0.350 e. The van der Waals surface area contributed by atoms with Gasteiger partial charge in [-0.3, -0.25) is 0 Å². The molecule has 4 aromatic carbocycles. The Hall–Kier alpha value is -3.26. The molecule has 12 heteroatoms. The van der Waals surface area contributed by atoms with E-state index in [1.165, 1.54) is 8.61 Å². The second-order valence-corrected chi connectivity index (χ2v) is 18.9. The van der Waals surface area contributed by atoms with Crippen LogP contribution in [0.25, 0.3) is 0 Å². The molecule has 0 amide bonds. The van der Waals surface area contributed by atoms with Crippen molar-refractivity contribution in [2.24, 2.45) is 0 Å². The van der Waals surface area contributed by atoms with Gasteiger partial charge in [-0.2, -0.15) is 0 Å². The number of halogens is 2. The highest BCUT2D eigenvalue weighted by atomic mass is 79.9. The van der Waals surface area contributed by atoms with Crippen LogP contribution in [-0.2, 0) is 29.5 Å². The Labute approximate surface area is 323 Å². The average Bonchev–Trinajstić information content (AvgIpc) is 3.82. The fourth-order valence-corrected chi connectivity index (χ4v) is 12.2. The molecule has 52 heavy (non-hydrogen) atoms. The van der Waals surface area contributed by atoms with Crippen molar-refractivity contribution in [2.45, 2.75) is 73.6 Å². The zero-order valence-electron chi connectivity index (χ0n) is 29.3. The van der Waals surface area contributed by atoms with Crippen molar-refractivity contribution in [3.63, 3.8) is 0 Å². The van der Waals surface area contributed by atoms with E-state index in [0.717, 1.165) is 44.0 Å². The second kappa shape index (κ2) is 13.9. The van der Waals surface area contributed by atoms with E-state index in [9.17, 15) is 16.8 Å². The van der Waals surface area contributed by atoms with Gasteiger partial charge in [0.25, 0.3) is 20.0 Å². The van der Waals surface area contributed by atoms with Gasteiger partial charge in [0.15, 0.2) is 11.4 Å². The Bertz CT molecular complexity index is 2130. The molecule has 2 fully saturated rings. The highest BCUT2D eigenvalue weighted by molar-refractivity contribution is 9.10. The molecule has 4 aromatic rings. The van der Waals surface area contributed by atoms with Crippen molar-refractivity contribution in [3.05, 3.63) is 140 Å². The molecule has 0 radical (unpaired) electrons. The van der Waals surface area contributed by atoms with E-state index in [4.69, 9.17) is 9.47 Å². The van der Waals surface area contributed by atoms with Crippen LogP contribution in [0.1, 0.15) is 60.8 Å². The van der Waals surface area contributed by atoms with E-state index in [2.05, 4.69) is 31.9 Å². The first-order valence-electron chi connectivity index (χ1n) is 17.2. The van der Waals surface area contributed by atoms with Crippen molar-refractivity contribution in [1.82, 2.24) is 0 Å². The van der Waals surface area contributed by atoms with Gasteiger partial charge < -0.3 is 9.47 Å². The first-order chi connectivity index (χ1) is 24.8. The summed E-state index contributed by atoms with van der Waals surface area (Å²) in [6.45, 7) is 8.73. The topological polar surface area (TPSA) is 93.2 Å². The smallest absolute Gasteiger partial charge is 0.266 e. The fraction of sp³-hybridized carbons (Fsp3) is 0.300. The summed E-state index contributed by atoms with van der Waals surface area (Å²) in [5, 5.41) is 0. The number of fused-ring (bicyclic) bond motifs is 6. The molecule has 0 aromatic heterocycles. The van der Waals surface area contributed by atoms with Gasteiger partial charge >= 0.3 is 0 Å². The molecular formula is C40H40Br2N2O6S2. The third-order valence-corrected chi connectivity index (χ3v) is 14.9. The number of anilines is 2. The zero-order valence-corrected chi connectivity index (χ0v) is 34.1. The SMILES string of the molecule is C/C=C/[C@@]12OCC[C@@H]1c1ccc(Br)cc1N2S(=O)(=O)c1ccc(C)cc1.C/C=C/[C@@]12OCC[C@@H]1c1ccc(Br)cc1N2S(=O)(=O)c1ccc(C)cc1. The van der Waals surface area contributed by atoms with Crippen LogP contribution in [-0.4, -0.2) is 41.5 Å². The number of allylic oxidation sites excluding steroid dienone is 2. The maximum atomic E-state index is 13.6. The van der Waals surface area contributed by atoms with Crippen molar-refractivity contribution in [3.8, 4) is 0 Å². The Balaban J connectivity index is 0.000000162. The molecule has 0 N–H and O–H groups in total. The molecule has 4 aliphatic heterocycles. The van der Waals surface area contributed by atoms with Gasteiger partial charge in [0.05, 0.1) is 34.4 Å². The van der Waals surface area contributed by atoms with Crippen molar-refractivity contribution in [2.75, 3.05) is 21.8 Å². The number of sulfonamides is 2. The van der Waals surface area contributed by atoms with Gasteiger partial charge in [0.1, 0.15) is 0 Å². The Kier molecular flexibility index (Phi) is 9.88. The Morgan fingerprint density at radius 1 is 0.615 bits per heavy atom. The molecule has 0 saturated carbocycles. The average molecular weight is 869 g/mol. The summed E-state index contributed by atoms with van der Waals surface area (Å²) < 4.78 is 71.4. The number of benzene rings is 4. The summed E-state index contributed by atoms with van der Waals surface area (Å²) in [5.74, 6) is -0.0240. The van der Waals surface area contributed by atoms with Crippen LogP contribution in [0.5, 0.6) is 0 Å². The number of hydrogen-bond donors (Lipinski definition) is 0. The van der Waals surface area contributed by atoms with Crippen LogP contribution in [0.4, 0.5) is 11.4 Å². The van der Waals surface area contributed by atoms with E-state index in [1.54, 1.807) is 24.3 Å². The fourth-order valence-electron chi connectivity index (χ4n) is 8.01. The van der Waals surface area contributed by atoms with Gasteiger partial charge in [-0.25, -0.2) is 25.4 Å². The summed E-state index contributed by atoms with van der Waals surface area (Å²) in [6.07, 6.45) is 9.08. The number of rotatable bonds is 6. The lowest BCUT2D eigenvalue weighted by molar-refractivity contribution is 0.0519. The minimum atomic E-state index is -3.78. The maximum Gasteiger partial charge on any atom is 0.266 e. The van der Waals surface area contributed by atoms with E-state index in [-0.39, 0.29) is 21.6 Å². The third kappa shape index (κ3) is 5.90. The van der Waals surface area contributed by atoms with Gasteiger partial charge in [-0.15, -0.1) is 0 Å². The van der Waals surface area contributed by atoms with Crippen molar-refractivity contribution in [1.29, 1.82) is 0 Å². The number of aryl methyl sites for hydroxylation is 2. The van der Waals surface area contributed by atoms with Crippen LogP contribution >= 0.6 is 31.9 Å². The zero-order chi connectivity index (χ0) is 37.1. The minimum absolute atomic E-state index is 0.0120. The molecule has 4 aliphatic rings. The van der Waals surface area contributed by atoms with Gasteiger partial charge in [-0.05, 0) is 112 Å². The minimum Gasteiger partial charge on any atom is -0.350 e. The molecule has 8 rings (SSSR count). The van der Waals surface area contributed by atoms with E-state index in [0.29, 0.717) is 24.6 Å². The highest BCUT2D eigenvalue weighted by Crippen LogP contribution is 2.58. The highest BCUT2D eigenvalue weighted by Gasteiger charge is 2.60. The quantitative estimate of drug-likeness (QED) is 0.180. The van der Waals surface area contributed by atoms with Gasteiger partial charge in [0, 0.05) is 20.8 Å². The molecule has 0 spiro atoms. The summed E-state index contributed by atoms with van der Waals surface area (Å²) >= 11 is 6.96. The molecule has 272 valence electrons. The first kappa shape index (κ1) is 37.1. The molecule has 0 bridgehead atoms.